The monoisotopic (exact) mass is 745 g/mol. The van der Waals surface area contributed by atoms with Gasteiger partial charge in [0.1, 0.15) is 11.4 Å². The summed E-state index contributed by atoms with van der Waals surface area (Å²) in [5.41, 5.74) is -2.76. The molecule has 3 rings (SSSR count). The van der Waals surface area contributed by atoms with Crippen molar-refractivity contribution >= 4 is 23.6 Å². The molecule has 0 spiro atoms. The fraction of sp³-hybridized carbons (Fsp3) is 0.394. The lowest BCUT2D eigenvalue weighted by Crippen LogP contribution is -2.43. The molecule has 0 saturated heterocycles. The van der Waals surface area contributed by atoms with Crippen LogP contribution in [0.15, 0.2) is 58.1 Å². The van der Waals surface area contributed by atoms with Crippen molar-refractivity contribution in [1.82, 2.24) is 35.6 Å². The number of nitrogens with zero attached hydrogens (tertiary/aromatic N) is 3. The molecule has 0 saturated carbocycles. The number of carbonyl (C=O) groups excluding carboxylic acids is 4. The molecule has 0 unspecified atom stereocenters. The zero-order valence-corrected chi connectivity index (χ0v) is 28.9. The molecule has 3 aromatic rings. The highest BCUT2D eigenvalue weighted by molar-refractivity contribution is 6.02. The summed E-state index contributed by atoms with van der Waals surface area (Å²) < 4.78 is 15.9. The SMILES string of the molecule is COCCOCCOCCNC(=O)c1ccc(C(=O)NCCN(CCNC(=O)c2cccc(=O)n2O)CCNC(=O)c2cccc(=O)n2O)c(O)c1O. The molecule has 20 nitrogen and oxygen atoms in total. The van der Waals surface area contributed by atoms with Gasteiger partial charge in [0.25, 0.3) is 34.7 Å². The molecule has 0 bridgehead atoms. The number of hydrogen-bond acceptors (Lipinski definition) is 14. The van der Waals surface area contributed by atoms with E-state index in [9.17, 15) is 49.4 Å². The van der Waals surface area contributed by atoms with E-state index in [2.05, 4.69) is 21.3 Å². The van der Waals surface area contributed by atoms with Crippen molar-refractivity contribution in [3.8, 4) is 11.5 Å². The summed E-state index contributed by atoms with van der Waals surface area (Å²) in [6.07, 6.45) is 0. The number of nitrogens with one attached hydrogen (secondary N) is 4. The molecule has 0 atom stereocenters. The number of aromatic nitrogens is 2. The lowest BCUT2D eigenvalue weighted by molar-refractivity contribution is 0.0255. The number of ether oxygens (including phenoxy) is 3. The maximum Gasteiger partial charge on any atom is 0.283 e. The molecule has 288 valence electrons. The van der Waals surface area contributed by atoms with Gasteiger partial charge in [-0.05, 0) is 24.3 Å². The Balaban J connectivity index is 1.55. The second-order valence-electron chi connectivity index (χ2n) is 11.1. The largest absolute Gasteiger partial charge is 0.504 e. The van der Waals surface area contributed by atoms with Gasteiger partial charge in [0.05, 0.1) is 44.2 Å². The van der Waals surface area contributed by atoms with Crippen LogP contribution in [-0.2, 0) is 14.2 Å². The van der Waals surface area contributed by atoms with Crippen LogP contribution >= 0.6 is 0 Å². The standard InChI is InChI=1S/C33H43N7O13/c1-51-18-19-53-21-20-52-17-13-37-31(46)23-9-8-22(28(43)29(23)44)30(45)34-10-14-38(15-11-35-32(47)24-4-2-6-26(41)39(24)49)16-12-36-33(48)25-5-3-7-27(42)40(25)50/h2-9,43-44,49-50H,10-21H2,1H3,(H,34,45)(H,35,47)(H,36,48)(H,37,46). The zero-order valence-electron chi connectivity index (χ0n) is 28.9. The maximum atomic E-state index is 12.9. The van der Waals surface area contributed by atoms with Crippen LogP contribution < -0.4 is 32.4 Å². The Morgan fingerprint density at radius 2 is 0.981 bits per heavy atom. The van der Waals surface area contributed by atoms with E-state index < -0.39 is 46.2 Å². The number of methoxy groups -OCH3 is 1. The number of aromatic hydroxyl groups is 2. The van der Waals surface area contributed by atoms with E-state index in [1.54, 1.807) is 12.0 Å². The van der Waals surface area contributed by atoms with E-state index in [0.29, 0.717) is 26.4 Å². The number of benzene rings is 1. The van der Waals surface area contributed by atoms with Gasteiger partial charge in [-0.3, -0.25) is 33.7 Å². The normalized spacial score (nSPS) is 10.9. The third-order valence-corrected chi connectivity index (χ3v) is 7.44. The second kappa shape index (κ2) is 21.4. The van der Waals surface area contributed by atoms with E-state index in [1.807, 2.05) is 0 Å². The fourth-order valence-corrected chi connectivity index (χ4v) is 4.64. The van der Waals surface area contributed by atoms with E-state index in [4.69, 9.17) is 14.2 Å². The van der Waals surface area contributed by atoms with Crippen molar-refractivity contribution in [3.63, 3.8) is 0 Å². The van der Waals surface area contributed by atoms with Gasteiger partial charge in [-0.25, -0.2) is 0 Å². The highest BCUT2D eigenvalue weighted by atomic mass is 16.5. The van der Waals surface area contributed by atoms with Crippen molar-refractivity contribution in [3.05, 3.63) is 91.8 Å². The van der Waals surface area contributed by atoms with Crippen LogP contribution in [0.2, 0.25) is 0 Å². The van der Waals surface area contributed by atoms with Crippen LogP contribution in [-0.4, -0.2) is 145 Å². The molecule has 0 aliphatic heterocycles. The van der Waals surface area contributed by atoms with Crippen molar-refractivity contribution in [1.29, 1.82) is 0 Å². The Hall–Kier alpha value is -5.96. The van der Waals surface area contributed by atoms with Crippen LogP contribution in [0.25, 0.3) is 0 Å². The summed E-state index contributed by atoms with van der Waals surface area (Å²) in [6, 6.07) is 9.60. The molecule has 0 aliphatic carbocycles. The molecule has 20 heteroatoms. The molecule has 0 fully saturated rings. The molecule has 2 heterocycles. The molecular formula is C33H43N7O13. The van der Waals surface area contributed by atoms with Gasteiger partial charge >= 0.3 is 0 Å². The molecule has 53 heavy (non-hydrogen) atoms. The number of phenols is 2. The van der Waals surface area contributed by atoms with Gasteiger partial charge in [0.15, 0.2) is 11.5 Å². The highest BCUT2D eigenvalue weighted by Gasteiger charge is 2.21. The summed E-state index contributed by atoms with van der Waals surface area (Å²) in [5, 5.41) is 51.0. The first-order chi connectivity index (χ1) is 25.5. The first kappa shape index (κ1) is 41.5. The number of amides is 4. The molecule has 0 aliphatic rings. The Bertz CT molecular complexity index is 1750. The summed E-state index contributed by atoms with van der Waals surface area (Å²) in [6.45, 7) is 2.23. The summed E-state index contributed by atoms with van der Waals surface area (Å²) in [7, 11) is 1.56. The van der Waals surface area contributed by atoms with E-state index >= 15 is 0 Å². The van der Waals surface area contributed by atoms with E-state index in [-0.39, 0.29) is 84.4 Å². The number of hydrogen-bond donors (Lipinski definition) is 8. The minimum atomic E-state index is -0.812. The van der Waals surface area contributed by atoms with Crippen LogP contribution in [0.3, 0.4) is 0 Å². The van der Waals surface area contributed by atoms with Crippen LogP contribution in [0, 0.1) is 0 Å². The third-order valence-electron chi connectivity index (χ3n) is 7.44. The molecule has 2 aromatic heterocycles. The van der Waals surface area contributed by atoms with Gasteiger partial charge in [0.2, 0.25) is 0 Å². The van der Waals surface area contributed by atoms with Crippen molar-refractivity contribution in [2.45, 2.75) is 0 Å². The Morgan fingerprint density at radius 1 is 0.585 bits per heavy atom. The predicted molar refractivity (Wildman–Crippen MR) is 185 cm³/mol. The number of rotatable bonds is 22. The van der Waals surface area contributed by atoms with Gasteiger partial charge in [0, 0.05) is 65.1 Å². The van der Waals surface area contributed by atoms with Crippen LogP contribution in [0.4, 0.5) is 0 Å². The fourth-order valence-electron chi connectivity index (χ4n) is 4.64. The van der Waals surface area contributed by atoms with Crippen LogP contribution in [0.5, 0.6) is 11.5 Å². The lowest BCUT2D eigenvalue weighted by atomic mass is 10.1. The number of phenolic OH excluding ortho intramolecular Hbond substituents is 2. The lowest BCUT2D eigenvalue weighted by Gasteiger charge is -2.23. The number of carbonyl (C=O) groups is 4. The molecular weight excluding hydrogens is 702 g/mol. The second-order valence-corrected chi connectivity index (χ2v) is 11.1. The quantitative estimate of drug-likeness (QED) is 0.0320. The van der Waals surface area contributed by atoms with Gasteiger partial charge < -0.3 is 56.1 Å². The minimum Gasteiger partial charge on any atom is -0.504 e. The van der Waals surface area contributed by atoms with Crippen molar-refractivity contribution < 1.29 is 54.0 Å². The van der Waals surface area contributed by atoms with E-state index in [1.165, 1.54) is 36.4 Å². The van der Waals surface area contributed by atoms with Crippen LogP contribution in [0.1, 0.15) is 41.7 Å². The Kier molecular flexibility index (Phi) is 16.8. The first-order valence-electron chi connectivity index (χ1n) is 16.3. The topological polar surface area (TPSA) is 272 Å². The summed E-state index contributed by atoms with van der Waals surface area (Å²) in [4.78, 5) is 75.6. The molecule has 4 amide bonds. The molecule has 1 aromatic carbocycles. The molecule has 0 radical (unpaired) electrons. The van der Waals surface area contributed by atoms with Gasteiger partial charge in [-0.15, -0.1) is 9.46 Å². The molecule has 8 N–H and O–H groups in total. The summed E-state index contributed by atoms with van der Waals surface area (Å²) >= 11 is 0. The van der Waals surface area contributed by atoms with Crippen molar-refractivity contribution in [2.75, 3.05) is 86.0 Å². The Morgan fingerprint density at radius 3 is 1.43 bits per heavy atom. The smallest absolute Gasteiger partial charge is 0.283 e. The Labute approximate surface area is 302 Å². The number of pyridine rings is 2. The minimum absolute atomic E-state index is 0.00624. The average Bonchev–Trinajstić information content (AvgIpc) is 3.13. The average molecular weight is 746 g/mol. The highest BCUT2D eigenvalue weighted by Crippen LogP contribution is 2.32. The van der Waals surface area contributed by atoms with Crippen molar-refractivity contribution in [2.24, 2.45) is 0 Å². The van der Waals surface area contributed by atoms with Gasteiger partial charge in [-0.2, -0.15) is 0 Å². The zero-order chi connectivity index (χ0) is 38.8. The maximum absolute atomic E-state index is 12.9. The predicted octanol–water partition coefficient (Wildman–Crippen LogP) is -1.80. The van der Waals surface area contributed by atoms with Gasteiger partial charge in [-0.1, -0.05) is 12.1 Å². The third kappa shape index (κ3) is 12.6. The first-order valence-corrected chi connectivity index (χ1v) is 16.3. The summed E-state index contributed by atoms with van der Waals surface area (Å²) in [5.74, 6) is -4.57. The van der Waals surface area contributed by atoms with E-state index in [0.717, 1.165) is 12.1 Å².